The molecule has 0 aliphatic heterocycles. The molecule has 0 N–H and O–H groups in total. The van der Waals surface area contributed by atoms with E-state index in [9.17, 15) is 4.79 Å². The molecule has 5 heteroatoms. The molecule has 0 saturated heterocycles. The van der Waals surface area contributed by atoms with Crippen LogP contribution in [0.2, 0.25) is 0 Å². The third-order valence-electron chi connectivity index (χ3n) is 5.01. The van der Waals surface area contributed by atoms with Crippen LogP contribution in [0.1, 0.15) is 41.9 Å². The maximum absolute atomic E-state index is 13.3. The Labute approximate surface area is 172 Å². The summed E-state index contributed by atoms with van der Waals surface area (Å²) in [6, 6.07) is 13.5. The van der Waals surface area contributed by atoms with E-state index in [0.29, 0.717) is 36.9 Å². The molecule has 3 aromatic rings. The van der Waals surface area contributed by atoms with E-state index in [1.165, 1.54) is 5.56 Å². The van der Waals surface area contributed by atoms with Crippen molar-refractivity contribution >= 4 is 16.8 Å². The highest BCUT2D eigenvalue weighted by molar-refractivity contribution is 6.03. The van der Waals surface area contributed by atoms with Gasteiger partial charge < -0.3 is 14.2 Å². The minimum Gasteiger partial charge on any atom is -0.493 e. The van der Waals surface area contributed by atoms with Crippen molar-refractivity contribution in [3.8, 4) is 11.5 Å². The van der Waals surface area contributed by atoms with Crippen LogP contribution in [-0.2, 0) is 11.2 Å². The first-order chi connectivity index (χ1) is 14.1. The SMILES string of the molecule is CCOCCCOc1ccc(C(=O)n2c(C)cc3c(CC)cccc32)cc1OC. The van der Waals surface area contributed by atoms with Crippen molar-refractivity contribution in [2.24, 2.45) is 0 Å². The first-order valence-corrected chi connectivity index (χ1v) is 10.1. The second-order valence-corrected chi connectivity index (χ2v) is 6.89. The first-order valence-electron chi connectivity index (χ1n) is 10.1. The molecular weight excluding hydrogens is 366 g/mol. The van der Waals surface area contributed by atoms with Crippen molar-refractivity contribution in [1.29, 1.82) is 0 Å². The second-order valence-electron chi connectivity index (χ2n) is 6.89. The van der Waals surface area contributed by atoms with Gasteiger partial charge in [-0.2, -0.15) is 0 Å². The van der Waals surface area contributed by atoms with Crippen LogP contribution in [0, 0.1) is 6.92 Å². The van der Waals surface area contributed by atoms with E-state index in [-0.39, 0.29) is 5.91 Å². The van der Waals surface area contributed by atoms with Gasteiger partial charge >= 0.3 is 0 Å². The standard InChI is InChI=1S/C24H29NO4/c1-5-18-9-7-10-21-20(18)15-17(3)25(21)24(26)19-11-12-22(23(16-19)27-4)29-14-8-13-28-6-2/h7,9-12,15-16H,5-6,8,13-14H2,1-4H3. The van der Waals surface area contributed by atoms with E-state index in [4.69, 9.17) is 14.2 Å². The number of methoxy groups -OCH3 is 1. The lowest BCUT2D eigenvalue weighted by atomic mass is 10.1. The third-order valence-corrected chi connectivity index (χ3v) is 5.01. The van der Waals surface area contributed by atoms with Crippen molar-refractivity contribution in [2.75, 3.05) is 26.9 Å². The topological polar surface area (TPSA) is 49.7 Å². The second kappa shape index (κ2) is 9.61. The van der Waals surface area contributed by atoms with Crippen LogP contribution in [-0.4, -0.2) is 37.4 Å². The number of ether oxygens (including phenoxy) is 3. The predicted octanol–water partition coefficient (Wildman–Crippen LogP) is 5.01. The Hall–Kier alpha value is -2.79. The van der Waals surface area contributed by atoms with E-state index >= 15 is 0 Å². The predicted molar refractivity (Wildman–Crippen MR) is 115 cm³/mol. The molecule has 0 atom stereocenters. The zero-order valence-corrected chi connectivity index (χ0v) is 17.7. The van der Waals surface area contributed by atoms with Gasteiger partial charge in [-0.05, 0) is 56.2 Å². The molecule has 0 saturated carbocycles. The monoisotopic (exact) mass is 395 g/mol. The molecule has 0 unspecified atom stereocenters. The molecular formula is C24H29NO4. The molecule has 0 amide bonds. The number of hydrogen-bond acceptors (Lipinski definition) is 4. The van der Waals surface area contributed by atoms with Crippen LogP contribution in [0.5, 0.6) is 11.5 Å². The highest BCUT2D eigenvalue weighted by atomic mass is 16.5. The molecule has 0 aliphatic carbocycles. The minimum atomic E-state index is -0.0769. The Balaban J connectivity index is 1.86. The number of carbonyl (C=O) groups is 1. The summed E-state index contributed by atoms with van der Waals surface area (Å²) in [4.78, 5) is 13.3. The summed E-state index contributed by atoms with van der Waals surface area (Å²) in [6.45, 7) is 7.96. The molecule has 0 aliphatic rings. The number of fused-ring (bicyclic) bond motifs is 1. The molecule has 3 rings (SSSR count). The number of rotatable bonds is 9. The molecule has 1 aromatic heterocycles. The fourth-order valence-electron chi connectivity index (χ4n) is 3.54. The summed E-state index contributed by atoms with van der Waals surface area (Å²) >= 11 is 0. The van der Waals surface area contributed by atoms with Crippen LogP contribution in [0.4, 0.5) is 0 Å². The van der Waals surface area contributed by atoms with Crippen LogP contribution in [0.25, 0.3) is 10.9 Å². The average Bonchev–Trinajstić information content (AvgIpc) is 3.08. The zero-order chi connectivity index (χ0) is 20.8. The van der Waals surface area contributed by atoms with Crippen LogP contribution >= 0.6 is 0 Å². The Morgan fingerprint density at radius 3 is 2.59 bits per heavy atom. The maximum atomic E-state index is 13.3. The van der Waals surface area contributed by atoms with E-state index < -0.39 is 0 Å². The van der Waals surface area contributed by atoms with E-state index in [1.807, 2.05) is 26.0 Å². The van der Waals surface area contributed by atoms with Gasteiger partial charge in [-0.3, -0.25) is 9.36 Å². The van der Waals surface area contributed by atoms with Crippen LogP contribution in [0.15, 0.2) is 42.5 Å². The summed E-state index contributed by atoms with van der Waals surface area (Å²) in [6.07, 6.45) is 1.73. The summed E-state index contributed by atoms with van der Waals surface area (Å²) < 4.78 is 18.4. The lowest BCUT2D eigenvalue weighted by Gasteiger charge is -2.13. The number of aromatic nitrogens is 1. The fourth-order valence-corrected chi connectivity index (χ4v) is 3.54. The molecule has 0 spiro atoms. The van der Waals surface area contributed by atoms with Gasteiger partial charge in [0.25, 0.3) is 5.91 Å². The highest BCUT2D eigenvalue weighted by Crippen LogP contribution is 2.30. The van der Waals surface area contributed by atoms with E-state index in [1.54, 1.807) is 29.9 Å². The Kier molecular flexibility index (Phi) is 6.94. The smallest absolute Gasteiger partial charge is 0.262 e. The number of carbonyl (C=O) groups excluding carboxylic acids is 1. The van der Waals surface area contributed by atoms with Crippen LogP contribution < -0.4 is 9.47 Å². The number of benzene rings is 2. The number of hydrogen-bond donors (Lipinski definition) is 0. The summed E-state index contributed by atoms with van der Waals surface area (Å²) in [5, 5.41) is 1.13. The van der Waals surface area contributed by atoms with Gasteiger partial charge in [0.1, 0.15) is 0 Å². The van der Waals surface area contributed by atoms with Gasteiger partial charge in [0.05, 0.1) is 19.2 Å². The first kappa shape index (κ1) is 20.9. The minimum absolute atomic E-state index is 0.0769. The lowest BCUT2D eigenvalue weighted by Crippen LogP contribution is -2.13. The molecule has 154 valence electrons. The largest absolute Gasteiger partial charge is 0.493 e. The van der Waals surface area contributed by atoms with Crippen molar-refractivity contribution in [3.63, 3.8) is 0 Å². The lowest BCUT2D eigenvalue weighted by molar-refractivity contribution is 0.0962. The Bertz CT molecular complexity index is 990. The quantitative estimate of drug-likeness (QED) is 0.478. The highest BCUT2D eigenvalue weighted by Gasteiger charge is 2.18. The van der Waals surface area contributed by atoms with Crippen molar-refractivity contribution in [3.05, 3.63) is 59.3 Å². The molecule has 2 aromatic carbocycles. The van der Waals surface area contributed by atoms with Crippen LogP contribution in [0.3, 0.4) is 0 Å². The van der Waals surface area contributed by atoms with E-state index in [2.05, 4.69) is 19.1 Å². The third kappa shape index (κ3) is 4.46. The van der Waals surface area contributed by atoms with Gasteiger partial charge in [0.15, 0.2) is 11.5 Å². The summed E-state index contributed by atoms with van der Waals surface area (Å²) in [7, 11) is 1.58. The van der Waals surface area contributed by atoms with Gasteiger partial charge in [-0.25, -0.2) is 0 Å². The molecule has 29 heavy (non-hydrogen) atoms. The number of nitrogens with zero attached hydrogens (tertiary/aromatic N) is 1. The normalized spacial score (nSPS) is 11.0. The molecule has 0 bridgehead atoms. The zero-order valence-electron chi connectivity index (χ0n) is 17.7. The van der Waals surface area contributed by atoms with Gasteiger partial charge in [-0.15, -0.1) is 0 Å². The van der Waals surface area contributed by atoms with Crippen molar-refractivity contribution in [1.82, 2.24) is 4.57 Å². The fraction of sp³-hybridized carbons (Fsp3) is 0.375. The van der Waals surface area contributed by atoms with Crippen molar-refractivity contribution in [2.45, 2.75) is 33.6 Å². The van der Waals surface area contributed by atoms with Gasteiger partial charge in [0, 0.05) is 36.3 Å². The molecule has 0 radical (unpaired) electrons. The number of aryl methyl sites for hydroxylation is 2. The Morgan fingerprint density at radius 2 is 1.86 bits per heavy atom. The maximum Gasteiger partial charge on any atom is 0.262 e. The van der Waals surface area contributed by atoms with E-state index in [0.717, 1.165) is 29.4 Å². The van der Waals surface area contributed by atoms with Gasteiger partial charge in [-0.1, -0.05) is 19.1 Å². The average molecular weight is 395 g/mol. The molecule has 0 fully saturated rings. The molecule has 1 heterocycles. The van der Waals surface area contributed by atoms with Gasteiger partial charge in [0.2, 0.25) is 0 Å². The Morgan fingerprint density at radius 1 is 1.03 bits per heavy atom. The summed E-state index contributed by atoms with van der Waals surface area (Å²) in [5.74, 6) is 1.10. The summed E-state index contributed by atoms with van der Waals surface area (Å²) in [5.41, 5.74) is 3.65. The van der Waals surface area contributed by atoms with Crippen molar-refractivity contribution < 1.29 is 19.0 Å². The molecule has 5 nitrogen and oxygen atoms in total.